The number of phenols is 1. The third-order valence-corrected chi connectivity index (χ3v) is 12.5. The summed E-state index contributed by atoms with van der Waals surface area (Å²) >= 11 is 19.0. The number of alkyl halides is 3. The van der Waals surface area contributed by atoms with Crippen LogP contribution < -0.4 is 15.1 Å². The largest absolute Gasteiger partial charge is 0.504 e. The average molecular weight is 826 g/mol. The van der Waals surface area contributed by atoms with Crippen molar-refractivity contribution in [1.29, 1.82) is 0 Å². The molecule has 56 heavy (non-hydrogen) atoms. The van der Waals surface area contributed by atoms with Gasteiger partial charge in [-0.15, -0.1) is 0 Å². The monoisotopic (exact) mass is 824 g/mol. The number of hydrazine groups is 1. The molecule has 2 saturated heterocycles. The number of nitrogens with one attached hydrogen (secondary N) is 1. The molecule has 2 aliphatic carbocycles. The summed E-state index contributed by atoms with van der Waals surface area (Å²) in [5.41, 5.74) is 1.72. The number of pyridine rings is 1. The van der Waals surface area contributed by atoms with Crippen molar-refractivity contribution in [3.63, 3.8) is 0 Å². The summed E-state index contributed by atoms with van der Waals surface area (Å²) in [7, 11) is 1.36. The van der Waals surface area contributed by atoms with Crippen LogP contribution in [-0.2, 0) is 30.8 Å². The van der Waals surface area contributed by atoms with Gasteiger partial charge >= 0.3 is 6.18 Å². The Labute approximate surface area is 332 Å². The number of carbonyl (C=O) groups is 4. The molecule has 16 heteroatoms. The van der Waals surface area contributed by atoms with E-state index in [1.165, 1.54) is 13.2 Å². The fourth-order valence-electron chi connectivity index (χ4n) is 9.04. The number of hydrogen-bond acceptors (Lipinski definition) is 8. The lowest BCUT2D eigenvalue weighted by molar-refractivity contribution is -0.139. The van der Waals surface area contributed by atoms with Crippen LogP contribution in [0.3, 0.4) is 0 Å². The quantitative estimate of drug-likeness (QED) is 0.147. The molecule has 4 aromatic rings. The van der Waals surface area contributed by atoms with Gasteiger partial charge in [0.15, 0.2) is 17.3 Å². The van der Waals surface area contributed by atoms with Crippen LogP contribution in [0, 0.1) is 30.6 Å². The molecule has 0 bridgehead atoms. The van der Waals surface area contributed by atoms with Gasteiger partial charge in [0.1, 0.15) is 0 Å². The number of carbonyl (C=O) groups excluding carboxylic acids is 4. The molecule has 10 nitrogen and oxygen atoms in total. The molecule has 4 amide bonds. The Balaban J connectivity index is 1.32. The lowest BCUT2D eigenvalue weighted by Crippen LogP contribution is -2.53. The van der Waals surface area contributed by atoms with Gasteiger partial charge in [0, 0.05) is 27.7 Å². The fourth-order valence-corrected chi connectivity index (χ4v) is 9.55. The van der Waals surface area contributed by atoms with Crippen LogP contribution >= 0.6 is 34.8 Å². The average Bonchev–Trinajstić information content (AvgIpc) is 3.54. The number of nitrogens with zero attached hydrogens (tertiary/aromatic N) is 3. The first-order chi connectivity index (χ1) is 26.6. The zero-order chi connectivity index (χ0) is 40.0. The number of phenolic OH excluding ortho intramolecular Hbond substituents is 1. The topological polar surface area (TPSA) is 129 Å². The highest BCUT2D eigenvalue weighted by Gasteiger charge is 2.71. The SMILES string of the molecule is COc1cccc([C@H]2C3=CC[C@@H]4C(=O)N(c5ccc(C)c(Cl)c5)C(=O)[C@@H]4[C@@H]3C[C@H]3C(=O)N(Nc4ncc(C(F)(F)F)cc4Cl)C(=O)[C@@]23c2ccc(Cl)cc2)c1O. The van der Waals surface area contributed by atoms with Crippen LogP contribution in [-0.4, -0.2) is 45.8 Å². The number of anilines is 2. The van der Waals surface area contributed by atoms with Crippen LogP contribution in [0.2, 0.25) is 15.1 Å². The number of ether oxygens (including phenoxy) is 1. The maximum atomic E-state index is 15.3. The second kappa shape index (κ2) is 13.5. The summed E-state index contributed by atoms with van der Waals surface area (Å²) in [5, 5.41) is 12.7. The van der Waals surface area contributed by atoms with E-state index in [2.05, 4.69) is 10.4 Å². The van der Waals surface area contributed by atoms with Gasteiger partial charge in [-0.05, 0) is 73.2 Å². The minimum absolute atomic E-state index is 0.0729. The van der Waals surface area contributed by atoms with Crippen molar-refractivity contribution in [2.75, 3.05) is 17.4 Å². The molecule has 3 heterocycles. The molecule has 3 fully saturated rings. The molecule has 8 rings (SSSR count). The second-order valence-electron chi connectivity index (χ2n) is 14.3. The Hall–Kier alpha value is -5.11. The van der Waals surface area contributed by atoms with Crippen molar-refractivity contribution in [3.8, 4) is 11.5 Å². The minimum Gasteiger partial charge on any atom is -0.504 e. The van der Waals surface area contributed by atoms with Crippen molar-refractivity contribution in [2.45, 2.75) is 37.3 Å². The number of imide groups is 2. The maximum absolute atomic E-state index is 15.3. The lowest BCUT2D eigenvalue weighted by atomic mass is 9.49. The van der Waals surface area contributed by atoms with Crippen molar-refractivity contribution < 1.29 is 42.2 Å². The zero-order valence-corrected chi connectivity index (χ0v) is 31.7. The van der Waals surface area contributed by atoms with Gasteiger partial charge in [0.25, 0.3) is 11.8 Å². The normalized spacial score (nSPS) is 25.9. The summed E-state index contributed by atoms with van der Waals surface area (Å²) in [6, 6.07) is 16.5. The highest BCUT2D eigenvalue weighted by Crippen LogP contribution is 2.65. The number of methoxy groups -OCH3 is 1. The Morgan fingerprint density at radius 3 is 2.32 bits per heavy atom. The third-order valence-electron chi connectivity index (χ3n) is 11.5. The number of fused-ring (bicyclic) bond motifs is 4. The van der Waals surface area contributed by atoms with E-state index in [0.717, 1.165) is 10.5 Å². The van der Waals surface area contributed by atoms with E-state index >= 15 is 4.79 Å². The Morgan fingerprint density at radius 2 is 1.66 bits per heavy atom. The number of aryl methyl sites for hydroxylation is 1. The number of allylic oxidation sites excluding steroid dienone is 2. The van der Waals surface area contributed by atoms with Gasteiger partial charge in [-0.2, -0.15) is 18.2 Å². The first-order valence-corrected chi connectivity index (χ1v) is 18.6. The maximum Gasteiger partial charge on any atom is 0.417 e. The summed E-state index contributed by atoms with van der Waals surface area (Å²) in [5.74, 6) is -8.18. The highest BCUT2D eigenvalue weighted by molar-refractivity contribution is 6.33. The van der Waals surface area contributed by atoms with E-state index in [4.69, 9.17) is 39.5 Å². The van der Waals surface area contributed by atoms with E-state index in [0.29, 0.717) is 44.1 Å². The molecule has 6 atom stereocenters. The van der Waals surface area contributed by atoms with Gasteiger partial charge < -0.3 is 9.84 Å². The Bertz CT molecular complexity index is 2390. The number of amides is 4. The molecule has 2 N–H and O–H groups in total. The van der Waals surface area contributed by atoms with E-state index < -0.39 is 81.2 Å². The summed E-state index contributed by atoms with van der Waals surface area (Å²) in [4.78, 5) is 63.8. The number of rotatable bonds is 6. The molecular formula is C40H30Cl3F3N4O6. The molecule has 3 aromatic carbocycles. The third kappa shape index (κ3) is 5.57. The van der Waals surface area contributed by atoms with E-state index in [1.807, 2.05) is 6.08 Å². The van der Waals surface area contributed by atoms with Crippen LogP contribution in [0.5, 0.6) is 11.5 Å². The molecule has 0 radical (unpaired) electrons. The van der Waals surface area contributed by atoms with Crippen LogP contribution in [0.1, 0.15) is 41.0 Å². The zero-order valence-electron chi connectivity index (χ0n) is 29.4. The second-order valence-corrected chi connectivity index (χ2v) is 15.5. The van der Waals surface area contributed by atoms with E-state index in [9.17, 15) is 32.7 Å². The molecule has 1 saturated carbocycles. The molecule has 1 aromatic heterocycles. The van der Waals surface area contributed by atoms with Gasteiger partial charge in [-0.25, -0.2) is 9.88 Å². The van der Waals surface area contributed by atoms with Crippen molar-refractivity contribution in [3.05, 3.63) is 122 Å². The summed E-state index contributed by atoms with van der Waals surface area (Å²) in [6.45, 7) is 1.79. The molecular weight excluding hydrogens is 796 g/mol. The Morgan fingerprint density at radius 1 is 0.929 bits per heavy atom. The van der Waals surface area contributed by atoms with Crippen molar-refractivity contribution in [2.24, 2.45) is 23.7 Å². The van der Waals surface area contributed by atoms with E-state index in [1.54, 1.807) is 61.5 Å². The molecule has 0 spiro atoms. The molecule has 0 unspecified atom stereocenters. The van der Waals surface area contributed by atoms with Crippen LogP contribution in [0.4, 0.5) is 24.7 Å². The molecule has 2 aliphatic heterocycles. The standard InChI is InChI=1S/C40H30Cl3F3N4O6/c1-18-6-11-22(15-28(18)42)49-35(52)24-13-12-23-26(31(24)37(49)54)16-27-36(53)50(48-34-29(43)14-20(17-47-34)40(44,45)46)38(55)39(27,19-7-9-21(41)10-8-19)32(23)25-4-3-5-30(56-2)33(25)51/h3-12,14-15,17,24,26-27,31-32,51H,13,16H2,1-2H3,(H,47,48)/t24-,26+,27-,31-,32+,39+/m0/s1. The highest BCUT2D eigenvalue weighted by atomic mass is 35.5. The van der Waals surface area contributed by atoms with Gasteiger partial charge in [0.05, 0.1) is 46.6 Å². The predicted octanol–water partition coefficient (Wildman–Crippen LogP) is 8.27. The smallest absolute Gasteiger partial charge is 0.417 e. The number of para-hydroxylation sites is 1. The number of hydrogen-bond donors (Lipinski definition) is 2. The first-order valence-electron chi connectivity index (χ1n) is 17.4. The number of benzene rings is 3. The number of aromatic nitrogens is 1. The van der Waals surface area contributed by atoms with Crippen molar-refractivity contribution in [1.82, 2.24) is 9.99 Å². The number of halogens is 6. The Kier molecular flexibility index (Phi) is 9.13. The minimum atomic E-state index is -4.77. The summed E-state index contributed by atoms with van der Waals surface area (Å²) in [6.07, 6.45) is -2.43. The number of aromatic hydroxyl groups is 1. The summed E-state index contributed by atoms with van der Waals surface area (Å²) < 4.78 is 46.0. The van der Waals surface area contributed by atoms with E-state index in [-0.39, 0.29) is 29.9 Å². The molecule has 288 valence electrons. The van der Waals surface area contributed by atoms with Gasteiger partial charge in [-0.1, -0.05) is 76.8 Å². The predicted molar refractivity (Wildman–Crippen MR) is 200 cm³/mol. The molecule has 4 aliphatic rings. The lowest BCUT2D eigenvalue weighted by Gasteiger charge is -2.50. The first kappa shape index (κ1) is 37.8. The fraction of sp³-hybridized carbons (Fsp3) is 0.275. The van der Waals surface area contributed by atoms with Crippen LogP contribution in [0.15, 0.2) is 84.6 Å². The van der Waals surface area contributed by atoms with Gasteiger partial charge in [-0.3, -0.25) is 24.6 Å². The van der Waals surface area contributed by atoms with Gasteiger partial charge in [0.2, 0.25) is 11.8 Å². The van der Waals surface area contributed by atoms with Crippen LogP contribution in [0.25, 0.3) is 0 Å². The van der Waals surface area contributed by atoms with Crippen molar-refractivity contribution >= 4 is 69.9 Å².